The summed E-state index contributed by atoms with van der Waals surface area (Å²) in [6.45, 7) is 0. The average molecular weight is 262 g/mol. The van der Waals surface area contributed by atoms with Gasteiger partial charge in [-0.1, -0.05) is 30.3 Å². The minimum absolute atomic E-state index is 0.0819. The quantitative estimate of drug-likeness (QED) is 0.273. The topological polar surface area (TPSA) is 60.4 Å². The van der Waals surface area contributed by atoms with E-state index in [1.165, 1.54) is 27.3 Å². The van der Waals surface area contributed by atoms with E-state index < -0.39 is 16.5 Å². The van der Waals surface area contributed by atoms with Gasteiger partial charge in [-0.3, -0.25) is 4.79 Å². The number of nitrogens with zero attached hydrogens (tertiary/aromatic N) is 1. The minimum Gasteiger partial charge on any atom is -0.423 e. The van der Waals surface area contributed by atoms with E-state index in [-0.39, 0.29) is 5.57 Å². The molecule has 1 rings (SSSR count). The van der Waals surface area contributed by atoms with Gasteiger partial charge in [-0.25, -0.2) is 4.79 Å². The molecular formula is C14H16NO4+. The SMILES string of the molecule is COC(=O)[N+](C)(C)C(=O)C(C=O)=Cc1ccccc1. The lowest BCUT2D eigenvalue weighted by Crippen LogP contribution is -2.51. The van der Waals surface area contributed by atoms with Gasteiger partial charge in [-0.15, -0.1) is 0 Å². The number of hydrogen-bond acceptors (Lipinski definition) is 4. The summed E-state index contributed by atoms with van der Waals surface area (Å²) in [6, 6.07) is 8.93. The van der Waals surface area contributed by atoms with E-state index >= 15 is 0 Å². The molecule has 0 N–H and O–H groups in total. The molecule has 0 aliphatic carbocycles. The fourth-order valence-electron chi connectivity index (χ4n) is 1.51. The van der Waals surface area contributed by atoms with Crippen molar-refractivity contribution in [3.05, 3.63) is 41.5 Å². The van der Waals surface area contributed by atoms with Crippen molar-refractivity contribution in [2.45, 2.75) is 0 Å². The van der Waals surface area contributed by atoms with Crippen molar-refractivity contribution < 1.29 is 23.6 Å². The molecular weight excluding hydrogens is 246 g/mol. The van der Waals surface area contributed by atoms with Crippen LogP contribution in [0.3, 0.4) is 0 Å². The first-order valence-corrected chi connectivity index (χ1v) is 5.62. The summed E-state index contributed by atoms with van der Waals surface area (Å²) in [5.41, 5.74) is 0.629. The molecule has 0 heterocycles. The molecule has 1 aromatic carbocycles. The zero-order valence-corrected chi connectivity index (χ0v) is 11.1. The number of imide groups is 1. The van der Waals surface area contributed by atoms with Gasteiger partial charge in [-0.2, -0.15) is 9.28 Å². The highest BCUT2D eigenvalue weighted by Crippen LogP contribution is 2.12. The normalized spacial score (nSPS) is 11.8. The van der Waals surface area contributed by atoms with E-state index in [0.29, 0.717) is 11.8 Å². The van der Waals surface area contributed by atoms with Crippen LogP contribution in [0.15, 0.2) is 35.9 Å². The Morgan fingerprint density at radius 3 is 2.21 bits per heavy atom. The summed E-state index contributed by atoms with van der Waals surface area (Å²) in [4.78, 5) is 34.8. The number of rotatable bonds is 3. The van der Waals surface area contributed by atoms with Crippen LogP contribution in [-0.2, 0) is 14.3 Å². The highest BCUT2D eigenvalue weighted by Gasteiger charge is 2.39. The Bertz CT molecular complexity index is 518. The summed E-state index contributed by atoms with van der Waals surface area (Å²) >= 11 is 0. The molecule has 0 aliphatic rings. The lowest BCUT2D eigenvalue weighted by Gasteiger charge is -2.21. The van der Waals surface area contributed by atoms with Crippen LogP contribution in [0.2, 0.25) is 0 Å². The fourth-order valence-corrected chi connectivity index (χ4v) is 1.51. The van der Waals surface area contributed by atoms with Crippen LogP contribution in [-0.4, -0.2) is 44.0 Å². The molecule has 1 aromatic rings. The maximum absolute atomic E-state index is 12.2. The number of aldehydes is 1. The summed E-state index contributed by atoms with van der Waals surface area (Å²) < 4.78 is 3.88. The third-order valence-corrected chi connectivity index (χ3v) is 2.63. The number of carbonyl (C=O) groups excluding carboxylic acids is 3. The van der Waals surface area contributed by atoms with Crippen LogP contribution in [0.1, 0.15) is 5.56 Å². The van der Waals surface area contributed by atoms with Crippen molar-refractivity contribution in [3.8, 4) is 0 Å². The lowest BCUT2D eigenvalue weighted by atomic mass is 10.1. The Morgan fingerprint density at radius 2 is 1.74 bits per heavy atom. The molecule has 2 amide bonds. The summed E-state index contributed by atoms with van der Waals surface area (Å²) in [7, 11) is 3.93. The minimum atomic E-state index is -0.731. The van der Waals surface area contributed by atoms with E-state index in [1.807, 2.05) is 6.07 Å². The summed E-state index contributed by atoms with van der Waals surface area (Å²) in [5, 5.41) is 0. The van der Waals surface area contributed by atoms with Crippen LogP contribution in [0.25, 0.3) is 6.08 Å². The van der Waals surface area contributed by atoms with E-state index in [2.05, 4.69) is 4.74 Å². The van der Waals surface area contributed by atoms with Gasteiger partial charge in [0.2, 0.25) is 0 Å². The predicted octanol–water partition coefficient (Wildman–Crippen LogP) is 1.64. The van der Waals surface area contributed by atoms with Gasteiger partial charge in [0.1, 0.15) is 5.57 Å². The molecule has 0 atom stereocenters. The average Bonchev–Trinajstić information content (AvgIpc) is 2.44. The third-order valence-electron chi connectivity index (χ3n) is 2.63. The van der Waals surface area contributed by atoms with Crippen molar-refractivity contribution in [2.24, 2.45) is 0 Å². The maximum atomic E-state index is 12.2. The third kappa shape index (κ3) is 3.35. The van der Waals surface area contributed by atoms with Crippen molar-refractivity contribution in [1.29, 1.82) is 0 Å². The Kier molecular flexibility index (Phi) is 4.72. The van der Waals surface area contributed by atoms with Crippen molar-refractivity contribution in [2.75, 3.05) is 21.2 Å². The Morgan fingerprint density at radius 1 is 1.16 bits per heavy atom. The van der Waals surface area contributed by atoms with Gasteiger partial charge in [0.25, 0.3) is 0 Å². The van der Waals surface area contributed by atoms with Crippen molar-refractivity contribution >= 4 is 24.4 Å². The van der Waals surface area contributed by atoms with E-state index in [4.69, 9.17) is 0 Å². The highest BCUT2D eigenvalue weighted by molar-refractivity contribution is 6.13. The largest absolute Gasteiger partial charge is 0.523 e. The zero-order valence-electron chi connectivity index (χ0n) is 11.1. The molecule has 0 aromatic heterocycles. The smallest absolute Gasteiger partial charge is 0.423 e. The second kappa shape index (κ2) is 6.06. The van der Waals surface area contributed by atoms with Crippen LogP contribution < -0.4 is 0 Å². The van der Waals surface area contributed by atoms with Crippen molar-refractivity contribution in [1.82, 2.24) is 0 Å². The first kappa shape index (κ1) is 14.8. The molecule has 0 unspecified atom stereocenters. The Balaban J connectivity index is 3.11. The molecule has 0 saturated carbocycles. The zero-order chi connectivity index (χ0) is 14.5. The number of ether oxygens (including phenoxy) is 1. The van der Waals surface area contributed by atoms with Gasteiger partial charge >= 0.3 is 12.0 Å². The summed E-state index contributed by atoms with van der Waals surface area (Å²) in [5.74, 6) is -0.620. The molecule has 5 heteroatoms. The molecule has 0 saturated heterocycles. The predicted molar refractivity (Wildman–Crippen MR) is 70.0 cm³/mol. The van der Waals surface area contributed by atoms with Gasteiger partial charge < -0.3 is 4.74 Å². The van der Waals surface area contributed by atoms with E-state index in [9.17, 15) is 14.4 Å². The monoisotopic (exact) mass is 262 g/mol. The van der Waals surface area contributed by atoms with Crippen molar-refractivity contribution in [3.63, 3.8) is 0 Å². The van der Waals surface area contributed by atoms with Crippen LogP contribution in [0, 0.1) is 0 Å². The molecule has 0 bridgehead atoms. The molecule has 0 aliphatic heterocycles. The fraction of sp³-hybridized carbons (Fsp3) is 0.214. The molecule has 0 radical (unpaired) electrons. The molecule has 0 fully saturated rings. The molecule has 100 valence electrons. The van der Waals surface area contributed by atoms with Crippen LogP contribution in [0.4, 0.5) is 4.79 Å². The molecule has 19 heavy (non-hydrogen) atoms. The number of likely N-dealkylation sites (N-methyl/N-ethyl adjacent to an activating group) is 1. The van der Waals surface area contributed by atoms with Gasteiger partial charge in [0.15, 0.2) is 6.29 Å². The number of methoxy groups -OCH3 is 1. The van der Waals surface area contributed by atoms with Crippen LogP contribution in [0.5, 0.6) is 0 Å². The van der Waals surface area contributed by atoms with Gasteiger partial charge in [0.05, 0.1) is 21.2 Å². The second-order valence-corrected chi connectivity index (χ2v) is 4.36. The Hall–Kier alpha value is -2.27. The summed E-state index contributed by atoms with van der Waals surface area (Å²) in [6.07, 6.45) is 1.15. The maximum Gasteiger partial charge on any atom is 0.523 e. The number of hydrogen-bond donors (Lipinski definition) is 0. The number of amides is 2. The van der Waals surface area contributed by atoms with E-state index in [0.717, 1.165) is 0 Å². The standard InChI is InChI=1S/C14H16NO4/c1-15(2,14(18)19-3)13(17)12(10-16)9-11-7-5-4-6-8-11/h4-10H,1-3H3/q+1. The molecule has 5 nitrogen and oxygen atoms in total. The second-order valence-electron chi connectivity index (χ2n) is 4.36. The van der Waals surface area contributed by atoms with E-state index in [1.54, 1.807) is 24.3 Å². The number of carbonyl (C=O) groups is 3. The lowest BCUT2D eigenvalue weighted by molar-refractivity contribution is -0.735. The number of benzene rings is 1. The van der Waals surface area contributed by atoms with Crippen LogP contribution >= 0.6 is 0 Å². The van der Waals surface area contributed by atoms with Gasteiger partial charge in [0, 0.05) is 0 Å². The van der Waals surface area contributed by atoms with Gasteiger partial charge in [-0.05, 0) is 11.6 Å². The first-order valence-electron chi connectivity index (χ1n) is 5.62. The molecule has 0 spiro atoms. The highest BCUT2D eigenvalue weighted by atomic mass is 16.5. The Labute approximate surface area is 111 Å². The number of quaternary nitrogens is 1. The first-order chi connectivity index (χ1) is 8.93.